The molecule has 4 nitrogen and oxygen atoms in total. The minimum absolute atomic E-state index is 0.0847. The lowest BCUT2D eigenvalue weighted by molar-refractivity contribution is -0.140. The SMILES string of the molecule is Cc1cccc(C)c1NC(=O)CN(C)c1nc(C(F)(F)F)cs1. The molecule has 0 atom stereocenters. The molecule has 0 saturated heterocycles. The fourth-order valence-electron chi connectivity index (χ4n) is 2.04. The van der Waals surface area contributed by atoms with Crippen molar-refractivity contribution in [2.75, 3.05) is 23.8 Å². The highest BCUT2D eigenvalue weighted by Gasteiger charge is 2.34. The number of aromatic nitrogens is 1. The predicted molar refractivity (Wildman–Crippen MR) is 84.9 cm³/mol. The van der Waals surface area contributed by atoms with E-state index in [2.05, 4.69) is 10.3 Å². The standard InChI is InChI=1S/C15H16F3N3OS/c1-9-5-4-6-10(2)13(9)20-12(22)7-21(3)14-19-11(8-23-14)15(16,17)18/h4-6,8H,7H2,1-3H3,(H,20,22). The average Bonchev–Trinajstić information content (AvgIpc) is 2.93. The molecule has 0 aliphatic heterocycles. The zero-order valence-electron chi connectivity index (χ0n) is 12.9. The number of halogens is 3. The van der Waals surface area contributed by atoms with E-state index in [0.717, 1.165) is 33.5 Å². The van der Waals surface area contributed by atoms with E-state index in [1.54, 1.807) is 0 Å². The molecule has 124 valence electrons. The highest BCUT2D eigenvalue weighted by Crippen LogP contribution is 2.32. The normalized spacial score (nSPS) is 11.4. The van der Waals surface area contributed by atoms with Crippen LogP contribution in [-0.2, 0) is 11.0 Å². The second-order valence-corrected chi connectivity index (χ2v) is 6.02. The minimum Gasteiger partial charge on any atom is -0.342 e. The molecule has 0 aliphatic rings. The van der Waals surface area contributed by atoms with Gasteiger partial charge in [0.25, 0.3) is 0 Å². The van der Waals surface area contributed by atoms with Crippen molar-refractivity contribution in [3.8, 4) is 0 Å². The third-order valence-corrected chi connectivity index (χ3v) is 4.19. The van der Waals surface area contributed by atoms with Gasteiger partial charge >= 0.3 is 6.18 Å². The van der Waals surface area contributed by atoms with Crippen molar-refractivity contribution in [2.45, 2.75) is 20.0 Å². The molecular formula is C15H16F3N3OS. The van der Waals surface area contributed by atoms with Crippen LogP contribution in [-0.4, -0.2) is 24.5 Å². The fraction of sp³-hybridized carbons (Fsp3) is 0.333. The maximum atomic E-state index is 12.5. The van der Waals surface area contributed by atoms with Gasteiger partial charge in [-0.2, -0.15) is 13.2 Å². The van der Waals surface area contributed by atoms with E-state index in [-0.39, 0.29) is 17.6 Å². The Balaban J connectivity index is 2.04. The molecule has 1 heterocycles. The molecule has 2 rings (SSSR count). The van der Waals surface area contributed by atoms with Gasteiger partial charge in [0.15, 0.2) is 10.8 Å². The summed E-state index contributed by atoms with van der Waals surface area (Å²) in [6, 6.07) is 5.65. The summed E-state index contributed by atoms with van der Waals surface area (Å²) in [6.07, 6.45) is -4.48. The number of benzene rings is 1. The van der Waals surface area contributed by atoms with E-state index in [4.69, 9.17) is 0 Å². The molecule has 0 saturated carbocycles. The molecule has 0 radical (unpaired) electrons. The molecule has 1 amide bonds. The molecule has 1 aromatic heterocycles. The third-order valence-electron chi connectivity index (χ3n) is 3.24. The predicted octanol–water partition coefficient (Wildman–Crippen LogP) is 3.85. The monoisotopic (exact) mass is 343 g/mol. The van der Waals surface area contributed by atoms with Gasteiger partial charge in [-0.15, -0.1) is 11.3 Å². The highest BCUT2D eigenvalue weighted by molar-refractivity contribution is 7.13. The topological polar surface area (TPSA) is 45.2 Å². The van der Waals surface area contributed by atoms with Gasteiger partial charge in [0, 0.05) is 18.1 Å². The molecule has 23 heavy (non-hydrogen) atoms. The van der Waals surface area contributed by atoms with Gasteiger partial charge in [0.05, 0.1) is 6.54 Å². The number of carbonyl (C=O) groups is 1. The first kappa shape index (κ1) is 17.3. The number of alkyl halides is 3. The summed E-state index contributed by atoms with van der Waals surface area (Å²) in [7, 11) is 1.53. The van der Waals surface area contributed by atoms with Gasteiger partial charge in [-0.3, -0.25) is 4.79 Å². The number of carbonyl (C=O) groups excluding carboxylic acids is 1. The Morgan fingerprint density at radius 1 is 1.30 bits per heavy atom. The first-order chi connectivity index (χ1) is 10.7. The summed E-state index contributed by atoms with van der Waals surface area (Å²) in [6.45, 7) is 3.67. The van der Waals surface area contributed by atoms with Crippen molar-refractivity contribution in [1.29, 1.82) is 0 Å². The van der Waals surface area contributed by atoms with Crippen molar-refractivity contribution in [2.24, 2.45) is 0 Å². The molecule has 0 bridgehead atoms. The van der Waals surface area contributed by atoms with Crippen molar-refractivity contribution in [3.05, 3.63) is 40.4 Å². The molecule has 8 heteroatoms. The molecule has 1 N–H and O–H groups in total. The van der Waals surface area contributed by atoms with Crippen LogP contribution in [0.3, 0.4) is 0 Å². The molecular weight excluding hydrogens is 327 g/mol. The first-order valence-corrected chi connectivity index (χ1v) is 7.66. The molecule has 0 spiro atoms. The molecule has 0 aliphatic carbocycles. The van der Waals surface area contributed by atoms with Crippen LogP contribution in [0.4, 0.5) is 24.0 Å². The van der Waals surface area contributed by atoms with Gasteiger partial charge in [0.2, 0.25) is 5.91 Å². The van der Waals surface area contributed by atoms with Gasteiger partial charge < -0.3 is 10.2 Å². The zero-order chi connectivity index (χ0) is 17.2. The van der Waals surface area contributed by atoms with Crippen LogP contribution in [0, 0.1) is 13.8 Å². The lowest BCUT2D eigenvalue weighted by Gasteiger charge is -2.17. The zero-order valence-corrected chi connectivity index (χ0v) is 13.7. The number of rotatable bonds is 4. The molecule has 2 aromatic rings. The summed E-state index contributed by atoms with van der Waals surface area (Å²) in [5.74, 6) is -0.311. The number of nitrogens with one attached hydrogen (secondary N) is 1. The number of aryl methyl sites for hydroxylation is 2. The second-order valence-electron chi connectivity index (χ2n) is 5.18. The van der Waals surface area contributed by atoms with Crippen LogP contribution < -0.4 is 10.2 Å². The third kappa shape index (κ3) is 4.22. The van der Waals surface area contributed by atoms with E-state index in [1.807, 2.05) is 32.0 Å². The van der Waals surface area contributed by atoms with Crippen molar-refractivity contribution in [3.63, 3.8) is 0 Å². The fourth-order valence-corrected chi connectivity index (χ4v) is 2.84. The lowest BCUT2D eigenvalue weighted by atomic mass is 10.1. The highest BCUT2D eigenvalue weighted by atomic mass is 32.1. The van der Waals surface area contributed by atoms with Crippen LogP contribution in [0.25, 0.3) is 0 Å². The number of thiazole rings is 1. The van der Waals surface area contributed by atoms with Gasteiger partial charge in [-0.25, -0.2) is 4.98 Å². The number of hydrogen-bond acceptors (Lipinski definition) is 4. The molecule has 1 aromatic carbocycles. The Labute approximate surface area is 136 Å². The Morgan fingerprint density at radius 3 is 2.43 bits per heavy atom. The lowest BCUT2D eigenvalue weighted by Crippen LogP contribution is -2.30. The quantitative estimate of drug-likeness (QED) is 0.917. The van der Waals surface area contributed by atoms with Crippen LogP contribution >= 0.6 is 11.3 Å². The van der Waals surface area contributed by atoms with Crippen LogP contribution in [0.1, 0.15) is 16.8 Å². The van der Waals surface area contributed by atoms with E-state index < -0.39 is 11.9 Å². The molecule has 0 unspecified atom stereocenters. The van der Waals surface area contributed by atoms with E-state index in [9.17, 15) is 18.0 Å². The Kier molecular flexibility index (Phi) is 4.93. The largest absolute Gasteiger partial charge is 0.434 e. The summed E-state index contributed by atoms with van der Waals surface area (Å²) in [5, 5.41) is 3.88. The minimum atomic E-state index is -4.48. The first-order valence-electron chi connectivity index (χ1n) is 6.78. The average molecular weight is 343 g/mol. The number of para-hydroxylation sites is 1. The van der Waals surface area contributed by atoms with E-state index in [0.29, 0.717) is 0 Å². The smallest absolute Gasteiger partial charge is 0.342 e. The maximum Gasteiger partial charge on any atom is 0.434 e. The second kappa shape index (κ2) is 6.57. The van der Waals surface area contributed by atoms with Gasteiger partial charge in [-0.1, -0.05) is 18.2 Å². The Hall–Kier alpha value is -2.09. The van der Waals surface area contributed by atoms with Crippen molar-refractivity contribution >= 4 is 28.1 Å². The summed E-state index contributed by atoms with van der Waals surface area (Å²) >= 11 is 0.854. The van der Waals surface area contributed by atoms with Gasteiger partial charge in [-0.05, 0) is 25.0 Å². The summed E-state index contributed by atoms with van der Waals surface area (Å²) < 4.78 is 37.6. The number of anilines is 2. The number of nitrogens with zero attached hydrogens (tertiary/aromatic N) is 2. The number of likely N-dealkylation sites (N-methyl/N-ethyl adjacent to an activating group) is 1. The summed E-state index contributed by atoms with van der Waals surface area (Å²) in [5.41, 5.74) is 1.63. The molecule has 0 fully saturated rings. The van der Waals surface area contributed by atoms with E-state index >= 15 is 0 Å². The van der Waals surface area contributed by atoms with Crippen molar-refractivity contribution < 1.29 is 18.0 Å². The van der Waals surface area contributed by atoms with Crippen LogP contribution in [0.15, 0.2) is 23.6 Å². The van der Waals surface area contributed by atoms with Crippen LogP contribution in [0.5, 0.6) is 0 Å². The van der Waals surface area contributed by atoms with Crippen LogP contribution in [0.2, 0.25) is 0 Å². The van der Waals surface area contributed by atoms with Gasteiger partial charge in [0.1, 0.15) is 0 Å². The summed E-state index contributed by atoms with van der Waals surface area (Å²) in [4.78, 5) is 17.0. The Bertz CT molecular complexity index is 692. The Morgan fingerprint density at radius 2 is 1.91 bits per heavy atom. The van der Waals surface area contributed by atoms with Crippen molar-refractivity contribution in [1.82, 2.24) is 4.98 Å². The van der Waals surface area contributed by atoms with E-state index in [1.165, 1.54) is 11.9 Å². The number of amides is 1. The maximum absolute atomic E-state index is 12.5. The number of hydrogen-bond donors (Lipinski definition) is 1.